The predicted molar refractivity (Wildman–Crippen MR) is 80.1 cm³/mol. The zero-order valence-electron chi connectivity index (χ0n) is 12.6. The lowest BCUT2D eigenvalue weighted by Gasteiger charge is -2.08. The molecule has 128 valence electrons. The molecule has 3 rings (SSSR count). The van der Waals surface area contributed by atoms with Crippen LogP contribution in [-0.2, 0) is 12.7 Å². The highest BCUT2D eigenvalue weighted by molar-refractivity contribution is 5.93. The van der Waals surface area contributed by atoms with Crippen molar-refractivity contribution in [3.63, 3.8) is 0 Å². The molecule has 0 spiro atoms. The average molecular weight is 348 g/mol. The van der Waals surface area contributed by atoms with Gasteiger partial charge in [-0.25, -0.2) is 4.98 Å². The zero-order chi connectivity index (χ0) is 17.9. The molecule has 0 aromatic carbocycles. The SMILES string of the molecule is O=C(NCc1nccnc1-c1ccco1)c1ccc(C(F)(F)F)nc1. The quantitative estimate of drug-likeness (QED) is 0.784. The number of hydrogen-bond donors (Lipinski definition) is 1. The van der Waals surface area contributed by atoms with Crippen molar-refractivity contribution < 1.29 is 22.4 Å². The first-order valence-corrected chi connectivity index (χ1v) is 7.10. The Labute approximate surface area is 139 Å². The number of aromatic nitrogens is 3. The molecule has 3 aromatic heterocycles. The van der Waals surface area contributed by atoms with Crippen molar-refractivity contribution in [3.8, 4) is 11.5 Å². The van der Waals surface area contributed by atoms with Crippen LogP contribution in [0.15, 0.2) is 53.5 Å². The number of nitrogens with one attached hydrogen (secondary N) is 1. The van der Waals surface area contributed by atoms with Crippen LogP contribution in [0.2, 0.25) is 0 Å². The first kappa shape index (κ1) is 16.6. The van der Waals surface area contributed by atoms with Gasteiger partial charge in [-0.1, -0.05) is 0 Å². The summed E-state index contributed by atoms with van der Waals surface area (Å²) in [5.74, 6) is -0.0779. The topological polar surface area (TPSA) is 80.9 Å². The van der Waals surface area contributed by atoms with E-state index in [9.17, 15) is 18.0 Å². The van der Waals surface area contributed by atoms with Crippen molar-refractivity contribution in [3.05, 3.63) is 66.1 Å². The maximum Gasteiger partial charge on any atom is 0.433 e. The number of nitrogens with zero attached hydrogens (tertiary/aromatic N) is 3. The van der Waals surface area contributed by atoms with Crippen molar-refractivity contribution >= 4 is 5.91 Å². The van der Waals surface area contributed by atoms with E-state index in [0.29, 0.717) is 17.1 Å². The van der Waals surface area contributed by atoms with E-state index in [-0.39, 0.29) is 12.1 Å². The van der Waals surface area contributed by atoms with E-state index in [1.54, 1.807) is 12.1 Å². The van der Waals surface area contributed by atoms with Crippen molar-refractivity contribution in [2.45, 2.75) is 12.7 Å². The molecule has 0 aliphatic rings. The number of furan rings is 1. The van der Waals surface area contributed by atoms with Crippen LogP contribution in [-0.4, -0.2) is 20.9 Å². The van der Waals surface area contributed by atoms with E-state index in [1.165, 1.54) is 18.7 Å². The number of amides is 1. The lowest BCUT2D eigenvalue weighted by molar-refractivity contribution is -0.141. The van der Waals surface area contributed by atoms with Crippen molar-refractivity contribution in [1.29, 1.82) is 0 Å². The Hall–Kier alpha value is -3.23. The fourth-order valence-electron chi connectivity index (χ4n) is 2.08. The van der Waals surface area contributed by atoms with E-state index in [4.69, 9.17) is 4.42 Å². The molecule has 3 heterocycles. The molecule has 3 aromatic rings. The Balaban J connectivity index is 1.71. The molecular formula is C16H11F3N4O2. The molecule has 25 heavy (non-hydrogen) atoms. The smallest absolute Gasteiger partial charge is 0.433 e. The number of hydrogen-bond acceptors (Lipinski definition) is 5. The molecule has 0 fully saturated rings. The number of rotatable bonds is 4. The normalized spacial score (nSPS) is 11.3. The van der Waals surface area contributed by atoms with E-state index in [0.717, 1.165) is 18.3 Å². The molecule has 0 aliphatic heterocycles. The monoisotopic (exact) mass is 348 g/mol. The number of pyridine rings is 1. The Bertz CT molecular complexity index is 862. The molecule has 0 bridgehead atoms. The minimum absolute atomic E-state index is 0.0106. The van der Waals surface area contributed by atoms with Crippen LogP contribution >= 0.6 is 0 Å². The summed E-state index contributed by atoms with van der Waals surface area (Å²) in [4.78, 5) is 23.6. The van der Waals surface area contributed by atoms with Crippen molar-refractivity contribution in [2.75, 3.05) is 0 Å². The lowest BCUT2D eigenvalue weighted by atomic mass is 10.2. The number of alkyl halides is 3. The van der Waals surface area contributed by atoms with Gasteiger partial charge in [0.2, 0.25) is 0 Å². The van der Waals surface area contributed by atoms with E-state index < -0.39 is 17.8 Å². The van der Waals surface area contributed by atoms with Gasteiger partial charge in [0.1, 0.15) is 11.4 Å². The van der Waals surface area contributed by atoms with Gasteiger partial charge in [0.05, 0.1) is 24.1 Å². The van der Waals surface area contributed by atoms with Gasteiger partial charge in [-0.15, -0.1) is 0 Å². The predicted octanol–water partition coefficient (Wildman–Crippen LogP) is 3.08. The minimum atomic E-state index is -4.55. The number of carbonyl (C=O) groups is 1. The zero-order valence-corrected chi connectivity index (χ0v) is 12.6. The molecule has 0 unspecified atom stereocenters. The van der Waals surface area contributed by atoms with E-state index >= 15 is 0 Å². The number of halogens is 3. The molecule has 1 N–H and O–H groups in total. The fraction of sp³-hybridized carbons (Fsp3) is 0.125. The van der Waals surface area contributed by atoms with E-state index in [1.807, 2.05) is 0 Å². The highest BCUT2D eigenvalue weighted by atomic mass is 19.4. The van der Waals surface area contributed by atoms with Gasteiger partial charge in [-0.2, -0.15) is 13.2 Å². The van der Waals surface area contributed by atoms with Crippen LogP contribution in [0.5, 0.6) is 0 Å². The first-order chi connectivity index (χ1) is 11.9. The average Bonchev–Trinajstić information content (AvgIpc) is 3.14. The maximum absolute atomic E-state index is 12.5. The highest BCUT2D eigenvalue weighted by Gasteiger charge is 2.32. The molecule has 0 radical (unpaired) electrons. The van der Waals surface area contributed by atoms with Crippen LogP contribution in [0.1, 0.15) is 21.7 Å². The third-order valence-electron chi connectivity index (χ3n) is 3.26. The molecule has 0 saturated heterocycles. The second kappa shape index (κ2) is 6.71. The summed E-state index contributed by atoms with van der Waals surface area (Å²) >= 11 is 0. The third kappa shape index (κ3) is 3.82. The van der Waals surface area contributed by atoms with Crippen LogP contribution in [0.3, 0.4) is 0 Å². The number of carbonyl (C=O) groups excluding carboxylic acids is 1. The first-order valence-electron chi connectivity index (χ1n) is 7.10. The summed E-state index contributed by atoms with van der Waals surface area (Å²) < 4.78 is 42.7. The molecule has 6 nitrogen and oxygen atoms in total. The Morgan fingerprint density at radius 3 is 2.56 bits per heavy atom. The third-order valence-corrected chi connectivity index (χ3v) is 3.26. The fourth-order valence-corrected chi connectivity index (χ4v) is 2.08. The van der Waals surface area contributed by atoms with Crippen LogP contribution in [0.4, 0.5) is 13.2 Å². The largest absolute Gasteiger partial charge is 0.463 e. The van der Waals surface area contributed by atoms with Crippen LogP contribution < -0.4 is 5.32 Å². The van der Waals surface area contributed by atoms with Gasteiger partial charge in [0.15, 0.2) is 5.76 Å². The second-order valence-electron chi connectivity index (χ2n) is 4.94. The highest BCUT2D eigenvalue weighted by Crippen LogP contribution is 2.27. The standard InChI is InChI=1S/C16H11F3N4O2/c17-16(18,19)13-4-3-10(8-22-13)15(24)23-9-11-14(21-6-5-20-11)12-2-1-7-25-12/h1-8H,9H2,(H,23,24). The molecule has 9 heteroatoms. The minimum Gasteiger partial charge on any atom is -0.463 e. The molecule has 0 saturated carbocycles. The van der Waals surface area contributed by atoms with Crippen molar-refractivity contribution in [1.82, 2.24) is 20.3 Å². The van der Waals surface area contributed by atoms with Gasteiger partial charge in [0, 0.05) is 18.6 Å². The summed E-state index contributed by atoms with van der Waals surface area (Å²) in [5, 5.41) is 2.57. The summed E-state index contributed by atoms with van der Waals surface area (Å²) in [5.41, 5.74) is -0.112. The van der Waals surface area contributed by atoms with Crippen LogP contribution in [0, 0.1) is 0 Å². The van der Waals surface area contributed by atoms with Gasteiger partial charge in [-0.05, 0) is 24.3 Å². The Morgan fingerprint density at radius 1 is 1.12 bits per heavy atom. The van der Waals surface area contributed by atoms with Gasteiger partial charge < -0.3 is 9.73 Å². The summed E-state index contributed by atoms with van der Waals surface area (Å²) in [6, 6.07) is 5.22. The maximum atomic E-state index is 12.5. The lowest BCUT2D eigenvalue weighted by Crippen LogP contribution is -2.24. The molecule has 1 amide bonds. The Morgan fingerprint density at radius 2 is 1.92 bits per heavy atom. The van der Waals surface area contributed by atoms with Crippen LogP contribution in [0.25, 0.3) is 11.5 Å². The second-order valence-corrected chi connectivity index (χ2v) is 4.94. The van der Waals surface area contributed by atoms with Gasteiger partial charge >= 0.3 is 6.18 Å². The van der Waals surface area contributed by atoms with Gasteiger partial charge in [0.25, 0.3) is 5.91 Å². The van der Waals surface area contributed by atoms with Gasteiger partial charge in [-0.3, -0.25) is 14.8 Å². The summed E-state index contributed by atoms with van der Waals surface area (Å²) in [6.45, 7) is 0.0315. The summed E-state index contributed by atoms with van der Waals surface area (Å²) in [7, 11) is 0. The van der Waals surface area contributed by atoms with Crippen molar-refractivity contribution in [2.24, 2.45) is 0 Å². The Kier molecular flexibility index (Phi) is 4.46. The molecule has 0 aliphatic carbocycles. The molecule has 0 atom stereocenters. The van der Waals surface area contributed by atoms with E-state index in [2.05, 4.69) is 20.3 Å². The molecular weight excluding hydrogens is 337 g/mol. The summed E-state index contributed by atoms with van der Waals surface area (Å²) in [6.07, 6.45) is 0.770.